The molecule has 5 heteroatoms. The van der Waals surface area contributed by atoms with Gasteiger partial charge in [-0.2, -0.15) is 0 Å². The Hall–Kier alpha value is -2.20. The van der Waals surface area contributed by atoms with E-state index in [1.54, 1.807) is 0 Å². The van der Waals surface area contributed by atoms with Crippen LogP contribution in [0, 0.1) is 0 Å². The highest BCUT2D eigenvalue weighted by molar-refractivity contribution is 6.32. The summed E-state index contributed by atoms with van der Waals surface area (Å²) in [6.07, 6.45) is 4.24. The number of hydrogen-bond donors (Lipinski definition) is 3. The average molecular weight is 330 g/mol. The first-order valence-corrected chi connectivity index (χ1v) is 8.22. The Balaban J connectivity index is 1.75. The molecule has 23 heavy (non-hydrogen) atoms. The molecule has 2 aromatic heterocycles. The van der Waals surface area contributed by atoms with Gasteiger partial charge in [0.15, 0.2) is 0 Å². The normalized spacial score (nSPS) is 11.0. The van der Waals surface area contributed by atoms with Gasteiger partial charge in [-0.1, -0.05) is 18.5 Å². The summed E-state index contributed by atoms with van der Waals surface area (Å²) in [5.74, 6) is 0.0494. The Bertz CT molecular complexity index is 805. The number of carbonyl (C=O) groups is 1. The van der Waals surface area contributed by atoms with E-state index in [4.69, 9.17) is 11.6 Å². The molecule has 1 aromatic carbocycles. The van der Waals surface area contributed by atoms with E-state index in [0.29, 0.717) is 13.0 Å². The third-order valence-corrected chi connectivity index (χ3v) is 4.32. The van der Waals surface area contributed by atoms with Crippen LogP contribution >= 0.6 is 11.6 Å². The van der Waals surface area contributed by atoms with Gasteiger partial charge < -0.3 is 15.3 Å². The zero-order valence-electron chi connectivity index (χ0n) is 13.1. The van der Waals surface area contributed by atoms with Crippen molar-refractivity contribution in [3.05, 3.63) is 58.5 Å². The second kappa shape index (κ2) is 6.92. The van der Waals surface area contributed by atoms with E-state index < -0.39 is 0 Å². The number of aromatic nitrogens is 2. The Morgan fingerprint density at radius 2 is 2.09 bits per heavy atom. The van der Waals surface area contributed by atoms with Crippen molar-refractivity contribution >= 4 is 28.4 Å². The summed E-state index contributed by atoms with van der Waals surface area (Å²) >= 11 is 6.41. The number of carbonyl (C=O) groups excluding carboxylic acids is 1. The first-order chi connectivity index (χ1) is 11.2. The number of nitrogens with one attached hydrogen (secondary N) is 3. The smallest absolute Gasteiger partial charge is 0.220 e. The molecule has 4 nitrogen and oxygen atoms in total. The zero-order chi connectivity index (χ0) is 16.2. The number of hydrogen-bond acceptors (Lipinski definition) is 1. The minimum atomic E-state index is 0.0494. The first-order valence-electron chi connectivity index (χ1n) is 7.84. The van der Waals surface area contributed by atoms with Gasteiger partial charge in [-0.25, -0.2) is 0 Å². The predicted octanol–water partition coefficient (Wildman–Crippen LogP) is 3.96. The van der Waals surface area contributed by atoms with E-state index in [0.717, 1.165) is 40.0 Å². The van der Waals surface area contributed by atoms with Gasteiger partial charge in [0, 0.05) is 39.9 Å². The number of halogens is 1. The molecule has 0 saturated heterocycles. The minimum absolute atomic E-state index is 0.0494. The number of aromatic amines is 2. The monoisotopic (exact) mass is 329 g/mol. The van der Waals surface area contributed by atoms with Gasteiger partial charge in [0.1, 0.15) is 0 Å². The molecule has 0 fully saturated rings. The van der Waals surface area contributed by atoms with Crippen LogP contribution in [-0.2, 0) is 24.2 Å². The topological polar surface area (TPSA) is 60.7 Å². The molecule has 0 aliphatic carbocycles. The van der Waals surface area contributed by atoms with Crippen molar-refractivity contribution in [1.82, 2.24) is 15.3 Å². The summed E-state index contributed by atoms with van der Waals surface area (Å²) in [5.41, 5.74) is 4.37. The third-order valence-electron chi connectivity index (χ3n) is 3.97. The second-order valence-corrected chi connectivity index (χ2v) is 6.06. The van der Waals surface area contributed by atoms with Crippen molar-refractivity contribution in [3.8, 4) is 0 Å². The number of benzene rings is 1. The van der Waals surface area contributed by atoms with Gasteiger partial charge in [-0.3, -0.25) is 4.79 Å². The molecule has 3 rings (SSSR count). The largest absolute Gasteiger partial charge is 0.365 e. The van der Waals surface area contributed by atoms with Crippen molar-refractivity contribution in [2.75, 3.05) is 0 Å². The van der Waals surface area contributed by atoms with Gasteiger partial charge >= 0.3 is 0 Å². The molecule has 1 amide bonds. The molecule has 3 N–H and O–H groups in total. The maximum absolute atomic E-state index is 11.4. The number of aryl methyl sites for hydroxylation is 2. The van der Waals surface area contributed by atoms with Gasteiger partial charge in [-0.15, -0.1) is 0 Å². The summed E-state index contributed by atoms with van der Waals surface area (Å²) in [5, 5.41) is 4.73. The molecular formula is C18H20ClN3O. The quantitative estimate of drug-likeness (QED) is 0.630. The molecule has 0 unspecified atom stereocenters. The van der Waals surface area contributed by atoms with E-state index in [1.165, 1.54) is 5.69 Å². The molecule has 2 heterocycles. The van der Waals surface area contributed by atoms with E-state index in [2.05, 4.69) is 27.4 Å². The average Bonchev–Trinajstić information content (AvgIpc) is 3.19. The number of amides is 1. The Morgan fingerprint density at radius 3 is 2.83 bits per heavy atom. The van der Waals surface area contributed by atoms with E-state index in [1.807, 2.05) is 31.3 Å². The SMILES string of the molecule is CCC(=O)NCc1cc2cc(Cl)c(CCc3ccc[nH]3)cc2[nH]1. The van der Waals surface area contributed by atoms with E-state index >= 15 is 0 Å². The van der Waals surface area contributed by atoms with E-state index in [9.17, 15) is 4.79 Å². The molecular weight excluding hydrogens is 310 g/mol. The van der Waals surface area contributed by atoms with Crippen molar-refractivity contribution in [1.29, 1.82) is 0 Å². The minimum Gasteiger partial charge on any atom is -0.365 e. The van der Waals surface area contributed by atoms with E-state index in [-0.39, 0.29) is 5.91 Å². The second-order valence-electron chi connectivity index (χ2n) is 5.65. The highest BCUT2D eigenvalue weighted by atomic mass is 35.5. The molecule has 3 aromatic rings. The molecule has 0 radical (unpaired) electrons. The summed E-state index contributed by atoms with van der Waals surface area (Å²) < 4.78 is 0. The van der Waals surface area contributed by atoms with Gasteiger partial charge in [0.2, 0.25) is 5.91 Å². The lowest BCUT2D eigenvalue weighted by Crippen LogP contribution is -2.21. The maximum Gasteiger partial charge on any atom is 0.220 e. The summed E-state index contributed by atoms with van der Waals surface area (Å²) in [6.45, 7) is 2.35. The number of fused-ring (bicyclic) bond motifs is 1. The molecule has 0 saturated carbocycles. The summed E-state index contributed by atoms with van der Waals surface area (Å²) in [6, 6.07) is 10.2. The fourth-order valence-electron chi connectivity index (χ4n) is 2.66. The molecule has 0 bridgehead atoms. The van der Waals surface area contributed by atoms with Crippen LogP contribution in [0.3, 0.4) is 0 Å². The number of H-pyrrole nitrogens is 2. The Labute approximate surface area is 140 Å². The third kappa shape index (κ3) is 3.77. The van der Waals surface area contributed by atoms with Crippen LogP contribution in [0.1, 0.15) is 30.3 Å². The van der Waals surface area contributed by atoms with Crippen LogP contribution in [0.15, 0.2) is 36.5 Å². The molecule has 0 spiro atoms. The van der Waals surface area contributed by atoms with Crippen LogP contribution in [0.4, 0.5) is 0 Å². The molecule has 120 valence electrons. The Kier molecular flexibility index (Phi) is 4.72. The van der Waals surface area contributed by atoms with Crippen LogP contribution in [0.25, 0.3) is 10.9 Å². The fraction of sp³-hybridized carbons (Fsp3) is 0.278. The van der Waals surface area contributed by atoms with Gasteiger partial charge in [0.05, 0.1) is 6.54 Å². The van der Waals surface area contributed by atoms with Crippen molar-refractivity contribution in [3.63, 3.8) is 0 Å². The van der Waals surface area contributed by atoms with Crippen LogP contribution in [0.2, 0.25) is 5.02 Å². The maximum atomic E-state index is 11.4. The zero-order valence-corrected chi connectivity index (χ0v) is 13.8. The highest BCUT2D eigenvalue weighted by Crippen LogP contribution is 2.25. The fourth-order valence-corrected chi connectivity index (χ4v) is 2.92. The van der Waals surface area contributed by atoms with Crippen LogP contribution < -0.4 is 5.32 Å². The highest BCUT2D eigenvalue weighted by Gasteiger charge is 2.08. The summed E-state index contributed by atoms with van der Waals surface area (Å²) in [7, 11) is 0. The molecule has 0 atom stereocenters. The Morgan fingerprint density at radius 1 is 1.22 bits per heavy atom. The lowest BCUT2D eigenvalue weighted by molar-refractivity contribution is -0.120. The van der Waals surface area contributed by atoms with Crippen molar-refractivity contribution in [2.24, 2.45) is 0 Å². The van der Waals surface area contributed by atoms with Crippen LogP contribution in [0.5, 0.6) is 0 Å². The lowest BCUT2D eigenvalue weighted by atomic mass is 10.1. The van der Waals surface area contributed by atoms with Gasteiger partial charge in [0.25, 0.3) is 0 Å². The first kappa shape index (κ1) is 15.7. The van der Waals surface area contributed by atoms with Crippen molar-refractivity contribution in [2.45, 2.75) is 32.7 Å². The predicted molar refractivity (Wildman–Crippen MR) is 93.6 cm³/mol. The molecule has 0 aliphatic rings. The number of rotatable bonds is 6. The standard InChI is InChI=1S/C18H20ClN3O/c1-2-18(23)21-11-15-8-13-9-16(19)12(10-17(13)22-15)5-6-14-4-3-7-20-14/h3-4,7-10,20,22H,2,5-6,11H2,1H3,(H,21,23). The lowest BCUT2D eigenvalue weighted by Gasteiger charge is -2.04. The van der Waals surface area contributed by atoms with Crippen LogP contribution in [-0.4, -0.2) is 15.9 Å². The van der Waals surface area contributed by atoms with Gasteiger partial charge in [-0.05, 0) is 48.7 Å². The van der Waals surface area contributed by atoms with Crippen molar-refractivity contribution < 1.29 is 4.79 Å². The summed E-state index contributed by atoms with van der Waals surface area (Å²) in [4.78, 5) is 17.9. The molecule has 0 aliphatic heterocycles.